The fourth-order valence-corrected chi connectivity index (χ4v) is 0.861. The van der Waals surface area contributed by atoms with Crippen molar-refractivity contribution in [1.29, 1.82) is 0 Å². The van der Waals surface area contributed by atoms with Crippen LogP contribution in [0.3, 0.4) is 0 Å². The van der Waals surface area contributed by atoms with Crippen LogP contribution >= 0.6 is 0 Å². The lowest BCUT2D eigenvalue weighted by molar-refractivity contribution is -0.838. The van der Waals surface area contributed by atoms with E-state index >= 15 is 0 Å². The maximum atomic E-state index is 3.78. The maximum absolute atomic E-state index is 3.78. The molecule has 0 aromatic heterocycles. The minimum absolute atomic E-state index is 0.944. The van der Waals surface area contributed by atoms with Gasteiger partial charge in [-0.25, -0.2) is 0 Å². The summed E-state index contributed by atoms with van der Waals surface area (Å²) < 4.78 is 0.944. The van der Waals surface area contributed by atoms with Gasteiger partial charge in [0.15, 0.2) is 0 Å². The van der Waals surface area contributed by atoms with Crippen molar-refractivity contribution in [1.82, 2.24) is 0 Å². The molecule has 0 saturated heterocycles. The van der Waals surface area contributed by atoms with Crippen molar-refractivity contribution in [3.8, 4) is 0 Å². The van der Waals surface area contributed by atoms with Gasteiger partial charge in [-0.1, -0.05) is 13.3 Å². The van der Waals surface area contributed by atoms with Gasteiger partial charge in [-0.05, 0) is 19.4 Å². The fraction of sp³-hybridized carbons (Fsp3) is 0.778. The van der Waals surface area contributed by atoms with Crippen molar-refractivity contribution in [2.24, 2.45) is 0 Å². The van der Waals surface area contributed by atoms with Gasteiger partial charge in [0.05, 0.1) is 26.8 Å². The van der Waals surface area contributed by atoms with Gasteiger partial charge in [0, 0.05) is 0 Å². The normalized spacial score (nSPS) is 11.5. The lowest BCUT2D eigenvalue weighted by Gasteiger charge is -2.23. The third kappa shape index (κ3) is 4.57. The Morgan fingerprint density at radius 3 is 2.30 bits per heavy atom. The summed E-state index contributed by atoms with van der Waals surface area (Å²) in [7, 11) is 4.37. The van der Waals surface area contributed by atoms with E-state index in [9.17, 15) is 0 Å². The van der Waals surface area contributed by atoms with Gasteiger partial charge in [0.25, 0.3) is 0 Å². The molecule has 0 fully saturated rings. The number of nitrogens with zero attached hydrogens (tertiary/aromatic N) is 1. The minimum Gasteiger partial charge on any atom is -0.303 e. The zero-order valence-electron chi connectivity index (χ0n) is 7.56. The molecule has 0 amide bonds. The molecule has 0 rings (SSSR count). The quantitative estimate of drug-likeness (QED) is 0.408. The molecule has 0 spiro atoms. The first-order valence-corrected chi connectivity index (χ1v) is 4.08. The summed E-state index contributed by atoms with van der Waals surface area (Å²) in [6, 6.07) is 0. The molecule has 1 heteroatoms. The Labute approximate surface area is 64.9 Å². The third-order valence-corrected chi connectivity index (χ3v) is 1.83. The maximum Gasteiger partial charge on any atom is 0.0881 e. The number of unbranched alkanes of at least 4 members (excludes halogenated alkanes) is 2. The summed E-state index contributed by atoms with van der Waals surface area (Å²) in [4.78, 5) is 0. The van der Waals surface area contributed by atoms with E-state index in [1.807, 2.05) is 6.20 Å². The van der Waals surface area contributed by atoms with Crippen LogP contribution < -0.4 is 0 Å². The second kappa shape index (κ2) is 4.51. The van der Waals surface area contributed by atoms with Crippen LogP contribution in [0, 0.1) is 0 Å². The highest BCUT2D eigenvalue weighted by molar-refractivity contribution is 4.51. The topological polar surface area (TPSA) is 0 Å². The lowest BCUT2D eigenvalue weighted by Crippen LogP contribution is -2.33. The van der Waals surface area contributed by atoms with Crippen molar-refractivity contribution in [2.75, 3.05) is 20.6 Å². The average molecular weight is 142 g/mol. The Hall–Kier alpha value is -0.300. The van der Waals surface area contributed by atoms with Gasteiger partial charge < -0.3 is 4.48 Å². The molecule has 0 aliphatic rings. The van der Waals surface area contributed by atoms with E-state index in [-0.39, 0.29) is 0 Å². The first-order chi connectivity index (χ1) is 4.62. The van der Waals surface area contributed by atoms with Crippen molar-refractivity contribution in [3.63, 3.8) is 0 Å². The highest BCUT2D eigenvalue weighted by Crippen LogP contribution is 2.02. The molecule has 10 heavy (non-hydrogen) atoms. The predicted octanol–water partition coefficient (Wildman–Crippen LogP) is 2.40. The highest BCUT2D eigenvalue weighted by atomic mass is 15.3. The second-order valence-electron chi connectivity index (χ2n) is 3.39. The zero-order chi connectivity index (χ0) is 8.04. The zero-order valence-corrected chi connectivity index (χ0v) is 7.56. The van der Waals surface area contributed by atoms with Crippen LogP contribution in [0.15, 0.2) is 12.8 Å². The molecule has 0 saturated carbocycles. The Morgan fingerprint density at radius 2 is 1.90 bits per heavy atom. The van der Waals surface area contributed by atoms with Gasteiger partial charge >= 0.3 is 0 Å². The molecule has 60 valence electrons. The smallest absolute Gasteiger partial charge is 0.0881 e. The van der Waals surface area contributed by atoms with Gasteiger partial charge in [0.1, 0.15) is 0 Å². The van der Waals surface area contributed by atoms with Crippen LogP contribution in [0.1, 0.15) is 26.2 Å². The number of hydrogen-bond acceptors (Lipinski definition) is 0. The van der Waals surface area contributed by atoms with Crippen LogP contribution in [0.4, 0.5) is 0 Å². The first-order valence-electron chi connectivity index (χ1n) is 4.08. The van der Waals surface area contributed by atoms with Crippen LogP contribution in [0.25, 0.3) is 0 Å². The molecule has 0 N–H and O–H groups in total. The molecule has 0 heterocycles. The summed E-state index contributed by atoms with van der Waals surface area (Å²) in [5.74, 6) is 0. The fourth-order valence-electron chi connectivity index (χ4n) is 0.861. The molecule has 0 aliphatic carbocycles. The van der Waals surface area contributed by atoms with Crippen molar-refractivity contribution >= 4 is 0 Å². The molecule has 0 aliphatic heterocycles. The third-order valence-electron chi connectivity index (χ3n) is 1.83. The standard InChI is InChI=1S/C9H20N/c1-5-7-8-9-10(3,4)6-2/h6H,2,5,7-9H2,1,3-4H3/q+1. The summed E-state index contributed by atoms with van der Waals surface area (Å²) in [5, 5.41) is 0. The Bertz CT molecular complexity index is 94.9. The number of hydrogen-bond donors (Lipinski definition) is 0. The molecular formula is C9H20N+. The van der Waals surface area contributed by atoms with Crippen molar-refractivity contribution in [3.05, 3.63) is 12.8 Å². The van der Waals surface area contributed by atoms with Crippen molar-refractivity contribution in [2.45, 2.75) is 26.2 Å². The molecule has 0 atom stereocenters. The molecule has 0 radical (unpaired) electrons. The van der Waals surface area contributed by atoms with E-state index in [0.29, 0.717) is 0 Å². The predicted molar refractivity (Wildman–Crippen MR) is 46.7 cm³/mol. The SMILES string of the molecule is C=C[N+](C)(C)CCCCC. The van der Waals surface area contributed by atoms with Crippen LogP contribution in [0.2, 0.25) is 0 Å². The molecule has 0 aromatic rings. The lowest BCUT2D eigenvalue weighted by atomic mass is 10.2. The molecular weight excluding hydrogens is 122 g/mol. The average Bonchev–Trinajstić information content (AvgIpc) is 1.89. The summed E-state index contributed by atoms with van der Waals surface area (Å²) in [5.41, 5.74) is 0. The monoisotopic (exact) mass is 142 g/mol. The number of quaternary nitrogens is 1. The van der Waals surface area contributed by atoms with E-state index in [4.69, 9.17) is 0 Å². The Balaban J connectivity index is 3.37. The van der Waals surface area contributed by atoms with Gasteiger partial charge in [-0.15, -0.1) is 0 Å². The van der Waals surface area contributed by atoms with E-state index < -0.39 is 0 Å². The first kappa shape index (κ1) is 9.70. The van der Waals surface area contributed by atoms with Crippen molar-refractivity contribution < 1.29 is 4.48 Å². The molecule has 1 nitrogen and oxygen atoms in total. The van der Waals surface area contributed by atoms with E-state index in [1.54, 1.807) is 0 Å². The van der Waals surface area contributed by atoms with Crippen LogP contribution in [-0.2, 0) is 0 Å². The van der Waals surface area contributed by atoms with E-state index in [1.165, 1.54) is 25.8 Å². The molecule has 0 unspecified atom stereocenters. The Kier molecular flexibility index (Phi) is 4.37. The van der Waals surface area contributed by atoms with E-state index in [2.05, 4.69) is 27.6 Å². The summed E-state index contributed by atoms with van der Waals surface area (Å²) in [6.07, 6.45) is 5.96. The minimum atomic E-state index is 0.944. The highest BCUT2D eigenvalue weighted by Gasteiger charge is 2.07. The van der Waals surface area contributed by atoms with Gasteiger partial charge in [-0.2, -0.15) is 0 Å². The van der Waals surface area contributed by atoms with Crippen LogP contribution in [0.5, 0.6) is 0 Å². The Morgan fingerprint density at radius 1 is 1.30 bits per heavy atom. The summed E-state index contributed by atoms with van der Waals surface area (Å²) in [6.45, 7) is 7.23. The van der Waals surface area contributed by atoms with Gasteiger partial charge in [-0.3, -0.25) is 0 Å². The second-order valence-corrected chi connectivity index (χ2v) is 3.39. The number of rotatable bonds is 5. The largest absolute Gasteiger partial charge is 0.303 e. The summed E-state index contributed by atoms with van der Waals surface area (Å²) >= 11 is 0. The molecule has 0 bridgehead atoms. The van der Waals surface area contributed by atoms with E-state index in [0.717, 1.165) is 4.48 Å². The van der Waals surface area contributed by atoms with Crippen LogP contribution in [-0.4, -0.2) is 25.1 Å². The molecule has 0 aromatic carbocycles. The van der Waals surface area contributed by atoms with Gasteiger partial charge in [0.2, 0.25) is 0 Å².